The van der Waals surface area contributed by atoms with Crippen molar-refractivity contribution in [3.63, 3.8) is 0 Å². The first-order chi connectivity index (χ1) is 13.9. The number of aryl methyl sites for hydroxylation is 2. The van der Waals surface area contributed by atoms with Crippen LogP contribution in [0.15, 0.2) is 52.4 Å². The van der Waals surface area contributed by atoms with Gasteiger partial charge in [0.25, 0.3) is 5.01 Å². The quantitative estimate of drug-likeness (QED) is 0.416. The van der Waals surface area contributed by atoms with Crippen molar-refractivity contribution in [2.45, 2.75) is 31.7 Å². The van der Waals surface area contributed by atoms with Crippen LogP contribution in [0.1, 0.15) is 23.9 Å². The van der Waals surface area contributed by atoms with Crippen LogP contribution in [-0.4, -0.2) is 25.3 Å². The van der Waals surface area contributed by atoms with Crippen molar-refractivity contribution in [2.24, 2.45) is 0 Å². The van der Waals surface area contributed by atoms with Crippen molar-refractivity contribution >= 4 is 55.2 Å². The molecule has 0 saturated heterocycles. The number of thioether (sulfide) groups is 1. The van der Waals surface area contributed by atoms with E-state index in [1.54, 1.807) is 23.1 Å². The molecule has 152 valence electrons. The van der Waals surface area contributed by atoms with Gasteiger partial charge in [0.15, 0.2) is 6.54 Å². The fourth-order valence-electron chi connectivity index (χ4n) is 3.54. The Bertz CT molecular complexity index is 1200. The minimum Gasteiger partial charge on any atom is -0.748 e. The van der Waals surface area contributed by atoms with Gasteiger partial charge in [-0.2, -0.15) is 4.57 Å². The van der Waals surface area contributed by atoms with Gasteiger partial charge in [-0.15, -0.1) is 0 Å². The van der Waals surface area contributed by atoms with Crippen LogP contribution in [0.2, 0.25) is 0 Å². The van der Waals surface area contributed by atoms with Crippen LogP contribution in [0.4, 0.5) is 5.69 Å². The van der Waals surface area contributed by atoms with E-state index in [9.17, 15) is 13.0 Å². The number of hydrogen-bond donors (Lipinski definition) is 0. The van der Waals surface area contributed by atoms with Gasteiger partial charge in [0.05, 0.1) is 26.9 Å². The second kappa shape index (κ2) is 8.10. The molecule has 0 bridgehead atoms. The highest BCUT2D eigenvalue weighted by Crippen LogP contribution is 2.47. The lowest BCUT2D eigenvalue weighted by Gasteiger charge is -2.17. The molecule has 0 fully saturated rings. The summed E-state index contributed by atoms with van der Waals surface area (Å²) in [6.45, 7) is 5.61. The lowest BCUT2D eigenvalue weighted by atomic mass is 10.2. The monoisotopic (exact) mass is 446 g/mol. The van der Waals surface area contributed by atoms with E-state index in [-0.39, 0.29) is 5.75 Å². The van der Waals surface area contributed by atoms with E-state index >= 15 is 0 Å². The highest BCUT2D eigenvalue weighted by molar-refractivity contribution is 8.03. The standard InChI is InChI=1S/C21H22N2O3S3/c1-3-22-17-13-15(2)9-10-19(17)28-20(22)14-21-23(11-6-12-29(24,25)26)16-7-4-5-8-18(16)27-21/h4-5,7-10,13-14H,3,6,11-12H2,1-2H3. The molecule has 0 unspecified atom stereocenters. The zero-order valence-corrected chi connectivity index (χ0v) is 18.7. The van der Waals surface area contributed by atoms with Gasteiger partial charge >= 0.3 is 0 Å². The van der Waals surface area contributed by atoms with E-state index in [0.717, 1.165) is 26.8 Å². The van der Waals surface area contributed by atoms with Crippen LogP contribution in [0.5, 0.6) is 0 Å². The van der Waals surface area contributed by atoms with E-state index < -0.39 is 10.1 Å². The maximum Gasteiger partial charge on any atom is 0.265 e. The zero-order chi connectivity index (χ0) is 20.6. The smallest absolute Gasteiger partial charge is 0.265 e. The number of aromatic nitrogens is 1. The summed E-state index contributed by atoms with van der Waals surface area (Å²) in [5.41, 5.74) is 3.53. The maximum absolute atomic E-state index is 11.0. The zero-order valence-electron chi connectivity index (χ0n) is 16.3. The summed E-state index contributed by atoms with van der Waals surface area (Å²) in [5.74, 6) is -0.346. The number of hydrogen-bond acceptors (Lipinski definition) is 6. The van der Waals surface area contributed by atoms with E-state index in [0.29, 0.717) is 13.0 Å². The van der Waals surface area contributed by atoms with Gasteiger partial charge in [0.1, 0.15) is 4.70 Å². The van der Waals surface area contributed by atoms with Crippen molar-refractivity contribution in [1.29, 1.82) is 0 Å². The third-order valence-corrected chi connectivity index (χ3v) is 7.88. The molecular weight excluding hydrogens is 424 g/mol. The van der Waals surface area contributed by atoms with E-state index in [1.165, 1.54) is 16.1 Å². The van der Waals surface area contributed by atoms with Crippen molar-refractivity contribution in [3.8, 4) is 0 Å². The van der Waals surface area contributed by atoms with Crippen LogP contribution < -0.4 is 9.47 Å². The molecule has 8 heteroatoms. The highest BCUT2D eigenvalue weighted by Gasteiger charge is 2.27. The lowest BCUT2D eigenvalue weighted by Crippen LogP contribution is -2.36. The lowest BCUT2D eigenvalue weighted by molar-refractivity contribution is -0.668. The minimum atomic E-state index is -4.21. The first-order valence-corrected chi connectivity index (χ1v) is 12.7. The van der Waals surface area contributed by atoms with Gasteiger partial charge in [-0.05, 0) is 37.6 Å². The third-order valence-electron chi connectivity index (χ3n) is 4.86. The van der Waals surface area contributed by atoms with E-state index in [4.69, 9.17) is 0 Å². The predicted octanol–water partition coefficient (Wildman–Crippen LogP) is 4.36. The Hall–Kier alpha value is -1.87. The Morgan fingerprint density at radius 1 is 1.21 bits per heavy atom. The van der Waals surface area contributed by atoms with Gasteiger partial charge in [-0.25, -0.2) is 8.42 Å². The summed E-state index contributed by atoms with van der Waals surface area (Å²) in [5, 5.41) is 2.21. The van der Waals surface area contributed by atoms with Crippen LogP contribution in [-0.2, 0) is 16.7 Å². The molecule has 0 radical (unpaired) electrons. The first-order valence-electron chi connectivity index (χ1n) is 9.48. The van der Waals surface area contributed by atoms with Crippen molar-refractivity contribution in [2.75, 3.05) is 17.2 Å². The Balaban J connectivity index is 1.73. The van der Waals surface area contributed by atoms with Crippen LogP contribution >= 0.6 is 23.1 Å². The molecule has 2 heterocycles. The molecule has 1 aromatic heterocycles. The Morgan fingerprint density at radius 2 is 2.00 bits per heavy atom. The Kier molecular flexibility index (Phi) is 5.70. The summed E-state index contributed by atoms with van der Waals surface area (Å²) in [6.07, 6.45) is 2.48. The second-order valence-corrected chi connectivity index (χ2v) is 10.6. The number of fused-ring (bicyclic) bond motifs is 2. The summed E-state index contributed by atoms with van der Waals surface area (Å²) in [4.78, 5) is 3.55. The summed E-state index contributed by atoms with van der Waals surface area (Å²) in [6, 6.07) is 14.6. The van der Waals surface area contributed by atoms with Crippen molar-refractivity contribution < 1.29 is 17.5 Å². The third kappa shape index (κ3) is 4.35. The van der Waals surface area contributed by atoms with Crippen LogP contribution in [0, 0.1) is 6.92 Å². The van der Waals surface area contributed by atoms with E-state index in [2.05, 4.69) is 53.7 Å². The average molecular weight is 447 g/mol. The van der Waals surface area contributed by atoms with Gasteiger partial charge in [0, 0.05) is 29.7 Å². The van der Waals surface area contributed by atoms with Crippen molar-refractivity contribution in [3.05, 3.63) is 58.1 Å². The molecule has 5 nitrogen and oxygen atoms in total. The van der Waals surface area contributed by atoms with Crippen LogP contribution in [0.25, 0.3) is 16.3 Å². The highest BCUT2D eigenvalue weighted by atomic mass is 32.2. The molecule has 0 N–H and O–H groups in total. The molecule has 4 rings (SSSR count). The predicted molar refractivity (Wildman–Crippen MR) is 119 cm³/mol. The number of nitrogens with zero attached hydrogens (tertiary/aromatic N) is 2. The molecule has 0 saturated carbocycles. The summed E-state index contributed by atoms with van der Waals surface area (Å²) < 4.78 is 36.4. The summed E-state index contributed by atoms with van der Waals surface area (Å²) in [7, 11) is -4.21. The first kappa shape index (κ1) is 20.4. The molecular formula is C21H22N2O3S3. The molecule has 29 heavy (non-hydrogen) atoms. The molecule has 0 aliphatic carbocycles. The van der Waals surface area contributed by atoms with Gasteiger partial charge in [0.2, 0.25) is 5.52 Å². The van der Waals surface area contributed by atoms with Gasteiger partial charge in [-0.1, -0.05) is 41.3 Å². The number of rotatable bonds is 6. The summed E-state index contributed by atoms with van der Waals surface area (Å²) >= 11 is 3.44. The topological polar surface area (TPSA) is 64.3 Å². The molecule has 1 aliphatic heterocycles. The number of thiazole rings is 1. The number of para-hydroxylation sites is 1. The average Bonchev–Trinajstić information content (AvgIpc) is 3.18. The largest absolute Gasteiger partial charge is 0.748 e. The Morgan fingerprint density at radius 3 is 2.76 bits per heavy atom. The van der Waals surface area contributed by atoms with Gasteiger partial charge < -0.3 is 9.45 Å². The normalized spacial score (nSPS) is 15.4. The van der Waals surface area contributed by atoms with Gasteiger partial charge in [-0.3, -0.25) is 0 Å². The molecule has 3 aromatic rings. The number of anilines is 1. The molecule has 1 aliphatic rings. The maximum atomic E-state index is 11.0. The molecule has 0 spiro atoms. The minimum absolute atomic E-state index is 0.303. The number of benzene rings is 2. The van der Waals surface area contributed by atoms with Crippen LogP contribution in [0.3, 0.4) is 0 Å². The second-order valence-electron chi connectivity index (χ2n) is 6.98. The molecule has 2 aromatic carbocycles. The molecule has 0 atom stereocenters. The Labute approximate surface area is 179 Å². The fourth-order valence-corrected chi connectivity index (χ4v) is 6.37. The molecule has 0 amide bonds. The fraction of sp³-hybridized carbons (Fsp3) is 0.286. The SMILES string of the molecule is CCN1C(=Cc2sc3ccccc3[n+]2CCCS(=O)(=O)[O-])Sc2ccc(C)cc21. The van der Waals surface area contributed by atoms with Crippen molar-refractivity contribution in [1.82, 2.24) is 0 Å². The van der Waals surface area contributed by atoms with E-state index in [1.807, 2.05) is 18.2 Å².